The van der Waals surface area contributed by atoms with Gasteiger partial charge >= 0.3 is 6.18 Å². The Balaban J connectivity index is 1.27. The van der Waals surface area contributed by atoms with Gasteiger partial charge in [0.25, 0.3) is 5.91 Å². The fourth-order valence-electron chi connectivity index (χ4n) is 5.01. The topological polar surface area (TPSA) is 50.2 Å². The summed E-state index contributed by atoms with van der Waals surface area (Å²) >= 11 is 1.73. The van der Waals surface area contributed by atoms with Crippen LogP contribution < -0.4 is 5.32 Å². The van der Waals surface area contributed by atoms with Gasteiger partial charge in [0, 0.05) is 45.8 Å². The number of alkyl halides is 3. The van der Waals surface area contributed by atoms with Crippen molar-refractivity contribution in [2.45, 2.75) is 62.8 Å². The molecule has 2 aliphatic rings. The van der Waals surface area contributed by atoms with Gasteiger partial charge in [-0.25, -0.2) is 0 Å². The number of nitrogens with zero attached hydrogens (tertiary/aromatic N) is 3. The number of halogens is 3. The fourth-order valence-corrected chi connectivity index (χ4v) is 5.63. The lowest BCUT2D eigenvalue weighted by molar-refractivity contribution is -0.185. The lowest BCUT2D eigenvalue weighted by Crippen LogP contribution is -2.38. The van der Waals surface area contributed by atoms with Crippen LogP contribution in [0.2, 0.25) is 0 Å². The number of aromatic nitrogens is 2. The number of nitrogens with one attached hydrogen (secondary N) is 1. The first-order valence-electron chi connectivity index (χ1n) is 12.6. The molecule has 0 radical (unpaired) electrons. The van der Waals surface area contributed by atoms with Crippen molar-refractivity contribution in [3.05, 3.63) is 59.5 Å². The zero-order chi connectivity index (χ0) is 25.3. The number of carbonyl (C=O) groups is 1. The number of piperidine rings is 1. The average molecular weight is 517 g/mol. The molecule has 0 unspecified atom stereocenters. The highest BCUT2D eigenvalue weighted by atomic mass is 32.2. The van der Waals surface area contributed by atoms with E-state index < -0.39 is 12.1 Å². The van der Waals surface area contributed by atoms with Gasteiger partial charge in [0.05, 0.1) is 18.2 Å². The highest BCUT2D eigenvalue weighted by Gasteiger charge is 2.41. The second-order valence-electron chi connectivity index (χ2n) is 9.70. The molecular formula is C27H31F3N4OS. The largest absolute Gasteiger partial charge is 0.391 e. The first kappa shape index (κ1) is 25.1. The molecule has 1 amide bonds. The lowest BCUT2D eigenvalue weighted by Gasteiger charge is -2.33. The predicted octanol–water partition coefficient (Wildman–Crippen LogP) is 6.19. The minimum absolute atomic E-state index is 0.152. The molecule has 1 saturated carbocycles. The monoisotopic (exact) mass is 516 g/mol. The molecule has 1 N–H and O–H groups in total. The zero-order valence-electron chi connectivity index (χ0n) is 20.4. The molecule has 192 valence electrons. The normalized spacial score (nSPS) is 17.6. The Labute approximate surface area is 213 Å². The van der Waals surface area contributed by atoms with Gasteiger partial charge in [-0.05, 0) is 80.9 Å². The maximum Gasteiger partial charge on any atom is 0.391 e. The van der Waals surface area contributed by atoms with Crippen LogP contribution >= 0.6 is 11.8 Å². The maximum absolute atomic E-state index is 13.1. The van der Waals surface area contributed by atoms with E-state index in [2.05, 4.69) is 32.8 Å². The van der Waals surface area contributed by atoms with E-state index in [0.717, 1.165) is 45.8 Å². The zero-order valence-corrected chi connectivity index (χ0v) is 21.2. The summed E-state index contributed by atoms with van der Waals surface area (Å²) in [5.41, 5.74) is 3.59. The third kappa shape index (κ3) is 5.72. The fraction of sp³-hybridized carbons (Fsp3) is 0.481. The van der Waals surface area contributed by atoms with Gasteiger partial charge in [0.1, 0.15) is 0 Å². The number of amides is 1. The van der Waals surface area contributed by atoms with E-state index in [9.17, 15) is 18.0 Å². The molecule has 0 atom stereocenters. The summed E-state index contributed by atoms with van der Waals surface area (Å²) in [5, 5.41) is 3.95. The summed E-state index contributed by atoms with van der Waals surface area (Å²) in [4.78, 5) is 20.5. The van der Waals surface area contributed by atoms with Gasteiger partial charge in [-0.15, -0.1) is 11.8 Å². The Kier molecular flexibility index (Phi) is 7.30. The summed E-state index contributed by atoms with van der Waals surface area (Å²) < 4.78 is 41.5. The van der Waals surface area contributed by atoms with Gasteiger partial charge < -0.3 is 9.88 Å². The van der Waals surface area contributed by atoms with Gasteiger partial charge in [-0.2, -0.15) is 13.2 Å². The van der Waals surface area contributed by atoms with Crippen LogP contribution in [-0.2, 0) is 13.1 Å². The number of rotatable bonds is 8. The molecule has 36 heavy (non-hydrogen) atoms. The molecular weight excluding hydrogens is 485 g/mol. The van der Waals surface area contributed by atoms with E-state index >= 15 is 0 Å². The highest BCUT2D eigenvalue weighted by Crippen LogP contribution is 2.41. The molecule has 2 fully saturated rings. The summed E-state index contributed by atoms with van der Waals surface area (Å²) in [7, 11) is 0. The molecule has 1 saturated heterocycles. The standard InChI is InChI=1S/C27H31F3N4OS/c1-2-36-24-7-4-21(31-16-24)15-32-26(35)18-3-8-25-19(13-18)14-23(34(25)22-5-6-22)17-33-11-9-20(10-12-33)27(28,29)30/h3-4,7-8,13-14,16,20,22H,2,5-6,9-12,15,17H2,1H3,(H,32,35). The SMILES string of the molecule is CCSc1ccc(CNC(=O)c2ccc3c(c2)cc(CN2CCC(C(F)(F)F)CC2)n3C2CC2)nc1. The summed E-state index contributed by atoms with van der Waals surface area (Å²) in [6.07, 6.45) is 0.267. The van der Waals surface area contributed by atoms with Crippen molar-refractivity contribution in [2.24, 2.45) is 5.92 Å². The van der Waals surface area contributed by atoms with E-state index in [1.165, 1.54) is 0 Å². The van der Waals surface area contributed by atoms with Crippen molar-refractivity contribution in [2.75, 3.05) is 18.8 Å². The van der Waals surface area contributed by atoms with Crippen molar-refractivity contribution < 1.29 is 18.0 Å². The van der Waals surface area contributed by atoms with Gasteiger partial charge in [-0.1, -0.05) is 6.92 Å². The number of fused-ring (bicyclic) bond motifs is 1. The smallest absolute Gasteiger partial charge is 0.346 e. The number of hydrogen-bond acceptors (Lipinski definition) is 4. The minimum atomic E-state index is -4.10. The Hall–Kier alpha value is -2.52. The molecule has 3 heterocycles. The summed E-state index contributed by atoms with van der Waals surface area (Å²) in [6, 6.07) is 12.2. The maximum atomic E-state index is 13.1. The molecule has 2 aromatic heterocycles. The van der Waals surface area contributed by atoms with Crippen molar-refractivity contribution in [1.29, 1.82) is 0 Å². The summed E-state index contributed by atoms with van der Waals surface area (Å²) in [6.45, 7) is 4.00. The molecule has 3 aromatic rings. The first-order chi connectivity index (χ1) is 17.3. The van der Waals surface area contributed by atoms with Crippen LogP contribution in [0.3, 0.4) is 0 Å². The Morgan fingerprint density at radius 3 is 2.53 bits per heavy atom. The molecule has 1 aliphatic heterocycles. The Morgan fingerprint density at radius 1 is 1.11 bits per heavy atom. The quantitative estimate of drug-likeness (QED) is 0.363. The second-order valence-corrected chi connectivity index (χ2v) is 11.0. The van der Waals surface area contributed by atoms with E-state index in [1.807, 2.05) is 36.5 Å². The van der Waals surface area contributed by atoms with Crippen LogP contribution in [0.5, 0.6) is 0 Å². The third-order valence-electron chi connectivity index (χ3n) is 7.07. The highest BCUT2D eigenvalue weighted by molar-refractivity contribution is 7.99. The molecule has 5 nitrogen and oxygen atoms in total. The van der Waals surface area contributed by atoms with Crippen molar-refractivity contribution >= 4 is 28.6 Å². The van der Waals surface area contributed by atoms with Crippen LogP contribution in [0.25, 0.3) is 10.9 Å². The van der Waals surface area contributed by atoms with Crippen LogP contribution in [0, 0.1) is 5.92 Å². The molecule has 0 bridgehead atoms. The van der Waals surface area contributed by atoms with Gasteiger partial charge in [-0.3, -0.25) is 14.7 Å². The molecule has 5 rings (SSSR count). The van der Waals surface area contributed by atoms with Crippen molar-refractivity contribution in [3.8, 4) is 0 Å². The number of hydrogen-bond donors (Lipinski definition) is 1. The Bertz CT molecular complexity index is 1210. The molecule has 9 heteroatoms. The lowest BCUT2D eigenvalue weighted by atomic mass is 9.96. The predicted molar refractivity (Wildman–Crippen MR) is 136 cm³/mol. The molecule has 1 aromatic carbocycles. The van der Waals surface area contributed by atoms with E-state index in [1.54, 1.807) is 11.8 Å². The first-order valence-corrected chi connectivity index (χ1v) is 13.6. The third-order valence-corrected chi connectivity index (χ3v) is 7.93. The van der Waals surface area contributed by atoms with E-state index in [4.69, 9.17) is 0 Å². The van der Waals surface area contributed by atoms with Gasteiger partial charge in [0.15, 0.2) is 0 Å². The number of pyridine rings is 1. The van der Waals surface area contributed by atoms with Crippen LogP contribution in [-0.4, -0.2) is 45.4 Å². The average Bonchev–Trinajstić information content (AvgIpc) is 3.63. The van der Waals surface area contributed by atoms with Gasteiger partial charge in [0.2, 0.25) is 0 Å². The molecule has 1 aliphatic carbocycles. The van der Waals surface area contributed by atoms with E-state index in [0.29, 0.717) is 37.8 Å². The van der Waals surface area contributed by atoms with Crippen LogP contribution in [0.4, 0.5) is 13.2 Å². The second kappa shape index (κ2) is 10.5. The van der Waals surface area contributed by atoms with Crippen LogP contribution in [0.1, 0.15) is 60.4 Å². The minimum Gasteiger partial charge on any atom is -0.346 e. The van der Waals surface area contributed by atoms with Crippen molar-refractivity contribution in [1.82, 2.24) is 19.8 Å². The summed E-state index contributed by atoms with van der Waals surface area (Å²) in [5.74, 6) is -0.353. The van der Waals surface area contributed by atoms with Crippen molar-refractivity contribution in [3.63, 3.8) is 0 Å². The van der Waals surface area contributed by atoms with E-state index in [-0.39, 0.29) is 18.7 Å². The number of likely N-dealkylation sites (tertiary alicyclic amines) is 1. The number of benzene rings is 1. The number of carbonyl (C=O) groups excluding carboxylic acids is 1. The number of thioether (sulfide) groups is 1. The van der Waals surface area contributed by atoms with Crippen LogP contribution in [0.15, 0.2) is 47.5 Å². The Morgan fingerprint density at radius 2 is 1.89 bits per heavy atom. The molecule has 0 spiro atoms.